The number of nitrogens with zero attached hydrogens (tertiary/aromatic N) is 2. The highest BCUT2D eigenvalue weighted by molar-refractivity contribution is 7.93. The van der Waals surface area contributed by atoms with Gasteiger partial charge in [0.1, 0.15) is 18.8 Å². The molecule has 0 radical (unpaired) electrons. The molecule has 9 heteroatoms. The summed E-state index contributed by atoms with van der Waals surface area (Å²) in [6, 6.07) is 15.9. The fraction of sp³-hybridized carbons (Fsp3) is 0.100. The van der Waals surface area contributed by atoms with Crippen LogP contribution in [-0.4, -0.2) is 26.1 Å². The molecule has 0 spiro atoms. The van der Waals surface area contributed by atoms with Gasteiger partial charge in [-0.15, -0.1) is 11.3 Å². The average Bonchev–Trinajstić information content (AvgIpc) is 3.44. The fourth-order valence-corrected chi connectivity index (χ4v) is 5.69. The maximum atomic E-state index is 12.9. The normalized spacial score (nSPS) is 14.4. The molecule has 0 aliphatic carbocycles. The number of hydrogen-bond acceptors (Lipinski definition) is 7. The van der Waals surface area contributed by atoms with E-state index >= 15 is 0 Å². The summed E-state index contributed by atoms with van der Waals surface area (Å²) in [6.07, 6.45) is 0. The average molecular weight is 426 g/mol. The molecule has 0 N–H and O–H groups in total. The maximum Gasteiger partial charge on any atom is 0.327 e. The molecule has 0 fully saturated rings. The SMILES string of the molecule is O=C(CN1c2cccc3cccc(c23)S1(=O)=O)OCc1cc(-c2cccs2)on1. The molecular formula is C20H14N2O5S2. The largest absolute Gasteiger partial charge is 0.458 e. The highest BCUT2D eigenvalue weighted by Crippen LogP contribution is 2.41. The number of anilines is 1. The van der Waals surface area contributed by atoms with Crippen LogP contribution in [0.1, 0.15) is 5.69 Å². The quantitative estimate of drug-likeness (QED) is 0.451. The minimum absolute atomic E-state index is 0.0985. The Balaban J connectivity index is 1.32. The molecule has 0 bridgehead atoms. The number of carbonyl (C=O) groups is 1. The number of ether oxygens (including phenoxy) is 1. The topological polar surface area (TPSA) is 89.7 Å². The van der Waals surface area contributed by atoms with Crippen LogP contribution in [0.2, 0.25) is 0 Å². The highest BCUT2D eigenvalue weighted by Gasteiger charge is 2.37. The van der Waals surface area contributed by atoms with Gasteiger partial charge in [-0.3, -0.25) is 9.10 Å². The van der Waals surface area contributed by atoms with E-state index in [-0.39, 0.29) is 11.5 Å². The second-order valence-electron chi connectivity index (χ2n) is 6.46. The van der Waals surface area contributed by atoms with Gasteiger partial charge in [0.15, 0.2) is 5.76 Å². The van der Waals surface area contributed by atoms with Crippen LogP contribution in [0.3, 0.4) is 0 Å². The monoisotopic (exact) mass is 426 g/mol. The van der Waals surface area contributed by atoms with Crippen molar-refractivity contribution in [2.45, 2.75) is 11.5 Å². The van der Waals surface area contributed by atoms with E-state index in [9.17, 15) is 13.2 Å². The molecule has 4 aromatic rings. The van der Waals surface area contributed by atoms with Gasteiger partial charge < -0.3 is 9.26 Å². The van der Waals surface area contributed by atoms with Crippen LogP contribution in [0.15, 0.2) is 69.4 Å². The van der Waals surface area contributed by atoms with Crippen LogP contribution in [0.4, 0.5) is 5.69 Å². The Morgan fingerprint density at radius 1 is 1.14 bits per heavy atom. The van der Waals surface area contributed by atoms with Gasteiger partial charge in [-0.05, 0) is 29.0 Å². The van der Waals surface area contributed by atoms with Crippen LogP contribution in [0.5, 0.6) is 0 Å². The van der Waals surface area contributed by atoms with Gasteiger partial charge in [-0.1, -0.05) is 35.5 Å². The molecule has 1 aliphatic heterocycles. The van der Waals surface area contributed by atoms with Crippen molar-refractivity contribution >= 4 is 43.8 Å². The van der Waals surface area contributed by atoms with E-state index < -0.39 is 22.5 Å². The molecule has 0 saturated heterocycles. The number of esters is 1. The number of aromatic nitrogens is 1. The van der Waals surface area contributed by atoms with Gasteiger partial charge in [0.2, 0.25) is 0 Å². The second-order valence-corrected chi connectivity index (χ2v) is 9.24. The molecule has 1 aliphatic rings. The van der Waals surface area contributed by atoms with Crippen LogP contribution in [0.25, 0.3) is 21.4 Å². The zero-order valence-electron chi connectivity index (χ0n) is 14.9. The van der Waals surface area contributed by atoms with E-state index in [4.69, 9.17) is 9.26 Å². The van der Waals surface area contributed by atoms with Crippen LogP contribution in [-0.2, 0) is 26.2 Å². The molecule has 5 rings (SSSR count). The maximum absolute atomic E-state index is 12.9. The zero-order valence-corrected chi connectivity index (χ0v) is 16.6. The van der Waals surface area contributed by atoms with Crippen molar-refractivity contribution in [1.82, 2.24) is 5.16 Å². The van der Waals surface area contributed by atoms with Gasteiger partial charge in [0.25, 0.3) is 10.0 Å². The van der Waals surface area contributed by atoms with E-state index in [1.165, 1.54) is 11.3 Å². The number of thiophene rings is 1. The molecule has 2 aromatic heterocycles. The summed E-state index contributed by atoms with van der Waals surface area (Å²) in [5.41, 5.74) is 0.938. The van der Waals surface area contributed by atoms with Gasteiger partial charge in [0, 0.05) is 11.5 Å². The Labute approximate surface area is 170 Å². The van der Waals surface area contributed by atoms with Crippen LogP contribution in [0, 0.1) is 0 Å². The smallest absolute Gasteiger partial charge is 0.327 e. The van der Waals surface area contributed by atoms with Crippen molar-refractivity contribution in [3.05, 3.63) is 65.7 Å². The summed E-state index contributed by atoms with van der Waals surface area (Å²) >= 11 is 1.51. The highest BCUT2D eigenvalue weighted by atomic mass is 32.2. The van der Waals surface area contributed by atoms with Gasteiger partial charge in [0.05, 0.1) is 15.5 Å². The van der Waals surface area contributed by atoms with Crippen molar-refractivity contribution in [2.24, 2.45) is 0 Å². The summed E-state index contributed by atoms with van der Waals surface area (Å²) in [6.45, 7) is -0.509. The van der Waals surface area contributed by atoms with Crippen molar-refractivity contribution in [3.63, 3.8) is 0 Å². The first-order valence-corrected chi connectivity index (χ1v) is 11.1. The second kappa shape index (κ2) is 6.71. The minimum Gasteiger partial charge on any atom is -0.458 e. The van der Waals surface area contributed by atoms with E-state index in [1.54, 1.807) is 30.3 Å². The van der Waals surface area contributed by atoms with Crippen LogP contribution < -0.4 is 4.31 Å². The zero-order chi connectivity index (χ0) is 20.0. The first kappa shape index (κ1) is 17.9. The Hall–Kier alpha value is -3.17. The third-order valence-corrected chi connectivity index (χ3v) is 7.34. The predicted molar refractivity (Wildman–Crippen MR) is 108 cm³/mol. The molecule has 0 saturated carbocycles. The first-order valence-electron chi connectivity index (χ1n) is 8.73. The molecular weight excluding hydrogens is 412 g/mol. The van der Waals surface area contributed by atoms with Crippen LogP contribution >= 0.6 is 11.3 Å². The number of sulfonamides is 1. The number of hydrogen-bond donors (Lipinski definition) is 0. The van der Waals surface area contributed by atoms with E-state index in [0.29, 0.717) is 22.5 Å². The first-order chi connectivity index (χ1) is 14.0. The molecule has 3 heterocycles. The molecule has 146 valence electrons. The van der Waals surface area contributed by atoms with Crippen molar-refractivity contribution < 1.29 is 22.5 Å². The lowest BCUT2D eigenvalue weighted by molar-refractivity contribution is -0.143. The van der Waals surface area contributed by atoms with Crippen molar-refractivity contribution in [2.75, 3.05) is 10.8 Å². The summed E-state index contributed by atoms with van der Waals surface area (Å²) in [5.74, 6) is -0.0747. The molecule has 2 aromatic carbocycles. The number of benzene rings is 2. The van der Waals surface area contributed by atoms with Crippen molar-refractivity contribution in [3.8, 4) is 10.6 Å². The lowest BCUT2D eigenvalue weighted by Gasteiger charge is -2.17. The molecule has 29 heavy (non-hydrogen) atoms. The molecule has 0 atom stereocenters. The van der Waals surface area contributed by atoms with Gasteiger partial charge >= 0.3 is 5.97 Å². The molecule has 7 nitrogen and oxygen atoms in total. The van der Waals surface area contributed by atoms with E-state index in [2.05, 4.69) is 5.16 Å². The third kappa shape index (κ3) is 2.99. The van der Waals surface area contributed by atoms with Gasteiger partial charge in [-0.2, -0.15) is 0 Å². The van der Waals surface area contributed by atoms with Crippen molar-refractivity contribution in [1.29, 1.82) is 0 Å². The summed E-state index contributed by atoms with van der Waals surface area (Å²) in [5, 5.41) is 7.25. The Kier molecular flexibility index (Phi) is 4.14. The third-order valence-electron chi connectivity index (χ3n) is 4.66. The van der Waals surface area contributed by atoms with E-state index in [1.807, 2.05) is 29.6 Å². The number of rotatable bonds is 5. The fourth-order valence-electron chi connectivity index (χ4n) is 3.36. The Bertz CT molecular complexity index is 1320. The lowest BCUT2D eigenvalue weighted by atomic mass is 10.1. The molecule has 0 amide bonds. The summed E-state index contributed by atoms with van der Waals surface area (Å²) in [7, 11) is -3.80. The minimum atomic E-state index is -3.80. The van der Waals surface area contributed by atoms with Gasteiger partial charge in [-0.25, -0.2) is 8.42 Å². The lowest BCUT2D eigenvalue weighted by Crippen LogP contribution is -2.33. The molecule has 0 unspecified atom stereocenters. The summed E-state index contributed by atoms with van der Waals surface area (Å²) < 4.78 is 37.4. The Morgan fingerprint density at radius 2 is 1.97 bits per heavy atom. The van der Waals surface area contributed by atoms with E-state index in [0.717, 1.165) is 14.6 Å². The Morgan fingerprint density at radius 3 is 2.76 bits per heavy atom. The number of carbonyl (C=O) groups excluding carboxylic acids is 1. The standard InChI is InChI=1S/C20H14N2O5S2/c23-19(26-12-14-10-16(27-21-14)17-7-3-9-28-17)11-22-15-6-1-4-13-5-2-8-18(20(13)15)29(22,24)25/h1-10H,11-12H2. The predicted octanol–water partition coefficient (Wildman–Crippen LogP) is 3.81. The summed E-state index contributed by atoms with van der Waals surface area (Å²) in [4.78, 5) is 13.5.